The van der Waals surface area contributed by atoms with Gasteiger partial charge < -0.3 is 0 Å². The molecule has 0 rings (SSSR count). The Labute approximate surface area is 172 Å². The van der Waals surface area contributed by atoms with Crippen molar-refractivity contribution in [1.82, 2.24) is 0 Å². The molecular weight excluding hydrogens is 346 g/mol. The first-order chi connectivity index (χ1) is 13.6. The molecule has 3 heteroatoms. The van der Waals surface area contributed by atoms with Crippen molar-refractivity contribution in [3.05, 3.63) is 84.5 Å². The normalized spacial score (nSPS) is 13.9. The predicted molar refractivity (Wildman–Crippen MR) is 123 cm³/mol. The molecule has 3 nitrogen and oxygen atoms in total. The van der Waals surface area contributed by atoms with E-state index in [-0.39, 0.29) is 4.92 Å². The first kappa shape index (κ1) is 25.8. The highest BCUT2D eigenvalue weighted by molar-refractivity contribution is 5.02. The van der Waals surface area contributed by atoms with E-state index in [9.17, 15) is 10.1 Å². The van der Waals surface area contributed by atoms with Gasteiger partial charge in [-0.05, 0) is 57.8 Å². The van der Waals surface area contributed by atoms with Gasteiger partial charge in [-0.25, -0.2) is 0 Å². The minimum absolute atomic E-state index is 0.0801. The van der Waals surface area contributed by atoms with Crippen LogP contribution in [0, 0.1) is 10.1 Å². The van der Waals surface area contributed by atoms with Gasteiger partial charge in [0, 0.05) is 24.2 Å². The largest absolute Gasteiger partial charge is 0.264 e. The summed E-state index contributed by atoms with van der Waals surface area (Å²) >= 11 is 0. The second-order valence-corrected chi connectivity index (χ2v) is 7.17. The van der Waals surface area contributed by atoms with Crippen molar-refractivity contribution in [2.45, 2.75) is 82.6 Å². The monoisotopic (exact) mass is 385 g/mol. The molecule has 0 fully saturated rings. The molecule has 0 N–H and O–H groups in total. The minimum Gasteiger partial charge on any atom is -0.264 e. The number of allylic oxidation sites excluding steroid dienone is 6. The van der Waals surface area contributed by atoms with Gasteiger partial charge in [-0.15, -0.1) is 19.7 Å². The van der Waals surface area contributed by atoms with Gasteiger partial charge >= 0.3 is 0 Å². The van der Waals surface area contributed by atoms with Crippen molar-refractivity contribution < 1.29 is 4.92 Å². The van der Waals surface area contributed by atoms with Crippen molar-refractivity contribution in [3.8, 4) is 0 Å². The van der Waals surface area contributed by atoms with Crippen LogP contribution in [0.4, 0.5) is 0 Å². The molecule has 0 bridgehead atoms. The topological polar surface area (TPSA) is 43.1 Å². The summed E-state index contributed by atoms with van der Waals surface area (Å²) in [5, 5.41) is 12.0. The van der Waals surface area contributed by atoms with Crippen molar-refractivity contribution >= 4 is 0 Å². The van der Waals surface area contributed by atoms with E-state index in [0.717, 1.165) is 57.8 Å². The van der Waals surface area contributed by atoms with E-state index in [1.165, 1.54) is 0 Å². The first-order valence-electron chi connectivity index (χ1n) is 10.5. The zero-order valence-corrected chi connectivity index (χ0v) is 17.6. The second-order valence-electron chi connectivity index (χ2n) is 7.17. The summed E-state index contributed by atoms with van der Waals surface area (Å²) in [6.07, 6.45) is 28.2. The van der Waals surface area contributed by atoms with Crippen LogP contribution in [0.5, 0.6) is 0 Å². The molecule has 0 amide bonds. The van der Waals surface area contributed by atoms with Gasteiger partial charge in [0.25, 0.3) is 0 Å². The maximum absolute atomic E-state index is 12.0. The van der Waals surface area contributed by atoms with Crippen molar-refractivity contribution in [3.63, 3.8) is 0 Å². The Morgan fingerprint density at radius 3 is 1.18 bits per heavy atom. The number of nitrogens with zero attached hydrogens (tertiary/aromatic N) is 1. The Kier molecular flexibility index (Phi) is 16.8. The highest BCUT2D eigenvalue weighted by atomic mass is 16.6. The molecule has 0 saturated carbocycles. The van der Waals surface area contributed by atoms with Crippen LogP contribution in [-0.4, -0.2) is 10.5 Å². The van der Waals surface area contributed by atoms with Crippen molar-refractivity contribution in [2.75, 3.05) is 0 Å². The highest BCUT2D eigenvalue weighted by Crippen LogP contribution is 2.27. The first-order valence-corrected chi connectivity index (χ1v) is 10.5. The summed E-state index contributed by atoms with van der Waals surface area (Å²) in [7, 11) is 0. The zero-order chi connectivity index (χ0) is 20.9. The lowest BCUT2D eigenvalue weighted by atomic mass is 9.87. The van der Waals surface area contributed by atoms with Gasteiger partial charge in [0.1, 0.15) is 0 Å². The Morgan fingerprint density at radius 1 is 0.607 bits per heavy atom. The molecule has 0 saturated heterocycles. The van der Waals surface area contributed by atoms with Crippen LogP contribution in [0.1, 0.15) is 77.0 Å². The lowest BCUT2D eigenvalue weighted by Gasteiger charge is -2.21. The Balaban J connectivity index is 4.92. The molecule has 0 heterocycles. The Morgan fingerprint density at radius 2 is 0.929 bits per heavy atom. The summed E-state index contributed by atoms with van der Waals surface area (Å²) in [5.41, 5.74) is -0.960. The standard InChI is InChI=1S/C25H39NO2/c1-4-7-10-13-16-19-22-25(26(27)28,23-20-17-14-11-8-5-2)24-21-18-15-12-9-6-3/h4-6,16-21H,1-3,7-15,22-24H2. The molecule has 0 aliphatic rings. The molecule has 0 unspecified atom stereocenters. The van der Waals surface area contributed by atoms with E-state index in [1.807, 2.05) is 36.5 Å². The molecular formula is C25H39NO2. The summed E-state index contributed by atoms with van der Waals surface area (Å²) in [4.78, 5) is 11.9. The van der Waals surface area contributed by atoms with Crippen LogP contribution in [0.25, 0.3) is 0 Å². The number of rotatable bonds is 19. The maximum Gasteiger partial charge on any atom is 0.232 e. The zero-order valence-electron chi connectivity index (χ0n) is 17.6. The number of nitro groups is 1. The quantitative estimate of drug-likeness (QED) is 0.0981. The van der Waals surface area contributed by atoms with Gasteiger partial charge in [0.15, 0.2) is 0 Å². The van der Waals surface area contributed by atoms with Gasteiger partial charge in [-0.2, -0.15) is 0 Å². The van der Waals surface area contributed by atoms with Gasteiger partial charge in [0.2, 0.25) is 5.54 Å². The highest BCUT2D eigenvalue weighted by Gasteiger charge is 2.39. The SMILES string of the molecule is C=CCCCC=CCC(CC=CCCCC=C)(CC=CCCCC=C)[N+](=O)[O-]. The summed E-state index contributed by atoms with van der Waals surface area (Å²) < 4.78 is 0. The van der Waals surface area contributed by atoms with Crippen molar-refractivity contribution in [2.24, 2.45) is 0 Å². The smallest absolute Gasteiger partial charge is 0.232 e. The molecule has 0 aromatic carbocycles. The molecule has 0 aromatic rings. The van der Waals surface area contributed by atoms with Crippen LogP contribution < -0.4 is 0 Å². The second kappa shape index (κ2) is 18.2. The van der Waals surface area contributed by atoms with E-state index < -0.39 is 5.54 Å². The number of hydrogen-bond acceptors (Lipinski definition) is 2. The molecule has 0 aliphatic carbocycles. The lowest BCUT2D eigenvalue weighted by molar-refractivity contribution is -0.567. The molecule has 0 aliphatic heterocycles. The van der Waals surface area contributed by atoms with Gasteiger partial charge in [-0.3, -0.25) is 10.1 Å². The van der Waals surface area contributed by atoms with Crippen LogP contribution in [0.3, 0.4) is 0 Å². The van der Waals surface area contributed by atoms with Crippen LogP contribution in [0.2, 0.25) is 0 Å². The predicted octanol–water partition coefficient (Wildman–Crippen LogP) is 7.91. The van der Waals surface area contributed by atoms with Crippen LogP contribution in [0.15, 0.2) is 74.4 Å². The van der Waals surface area contributed by atoms with E-state index in [0.29, 0.717) is 19.3 Å². The van der Waals surface area contributed by atoms with Crippen LogP contribution in [-0.2, 0) is 0 Å². The molecule has 28 heavy (non-hydrogen) atoms. The number of hydrogen-bond donors (Lipinski definition) is 0. The minimum atomic E-state index is -0.960. The summed E-state index contributed by atoms with van der Waals surface area (Å²) in [6.45, 7) is 11.2. The molecule has 0 aromatic heterocycles. The van der Waals surface area contributed by atoms with Crippen molar-refractivity contribution in [1.29, 1.82) is 0 Å². The van der Waals surface area contributed by atoms with E-state index in [2.05, 4.69) is 38.0 Å². The molecule has 0 radical (unpaired) electrons. The third kappa shape index (κ3) is 13.1. The lowest BCUT2D eigenvalue weighted by Crippen LogP contribution is -2.37. The third-order valence-corrected chi connectivity index (χ3v) is 4.72. The van der Waals surface area contributed by atoms with E-state index >= 15 is 0 Å². The molecule has 156 valence electrons. The third-order valence-electron chi connectivity index (χ3n) is 4.72. The molecule has 0 spiro atoms. The Bertz CT molecular complexity index is 464. The average Bonchev–Trinajstić information content (AvgIpc) is 2.69. The fraction of sp³-hybridized carbons (Fsp3) is 0.520. The maximum atomic E-state index is 12.0. The van der Waals surface area contributed by atoms with Gasteiger partial charge in [0.05, 0.1) is 0 Å². The fourth-order valence-corrected chi connectivity index (χ4v) is 2.88. The van der Waals surface area contributed by atoms with Gasteiger partial charge in [-0.1, -0.05) is 54.7 Å². The molecule has 0 atom stereocenters. The fourth-order valence-electron chi connectivity index (χ4n) is 2.88. The Hall–Kier alpha value is -2.16. The average molecular weight is 386 g/mol. The number of unbranched alkanes of at least 4 members (excludes halogenated alkanes) is 6. The van der Waals surface area contributed by atoms with Crippen LogP contribution >= 0.6 is 0 Å². The van der Waals surface area contributed by atoms with E-state index in [4.69, 9.17) is 0 Å². The summed E-state index contributed by atoms with van der Waals surface area (Å²) in [5.74, 6) is 0. The summed E-state index contributed by atoms with van der Waals surface area (Å²) in [6, 6.07) is 0. The van der Waals surface area contributed by atoms with E-state index in [1.54, 1.807) is 0 Å².